The van der Waals surface area contributed by atoms with Crippen LogP contribution in [0.1, 0.15) is 86.6 Å². The number of benzene rings is 1. The summed E-state index contributed by atoms with van der Waals surface area (Å²) in [5.74, 6) is 2.06. The first-order chi connectivity index (χ1) is 16.7. The van der Waals surface area contributed by atoms with Crippen molar-refractivity contribution in [1.82, 2.24) is 15.2 Å². The van der Waals surface area contributed by atoms with Crippen LogP contribution in [0, 0.1) is 17.8 Å². The molecule has 0 bridgehead atoms. The lowest BCUT2D eigenvalue weighted by Crippen LogP contribution is -2.32. The van der Waals surface area contributed by atoms with Crippen molar-refractivity contribution >= 4 is 15.7 Å². The van der Waals surface area contributed by atoms with Gasteiger partial charge in [0.25, 0.3) is 5.91 Å². The molecule has 1 amide bonds. The van der Waals surface area contributed by atoms with Gasteiger partial charge in [-0.05, 0) is 66.0 Å². The number of aromatic nitrogens is 1. The van der Waals surface area contributed by atoms with Crippen LogP contribution in [0.5, 0.6) is 0 Å². The first-order valence-electron chi connectivity index (χ1n) is 13.0. The van der Waals surface area contributed by atoms with Crippen LogP contribution in [-0.2, 0) is 22.9 Å². The van der Waals surface area contributed by atoms with Gasteiger partial charge in [0.2, 0.25) is 0 Å². The van der Waals surface area contributed by atoms with Crippen molar-refractivity contribution in [2.24, 2.45) is 17.8 Å². The summed E-state index contributed by atoms with van der Waals surface area (Å²) in [6.45, 7) is 10.9. The maximum Gasteiger partial charge on any atom is 0.251 e. The van der Waals surface area contributed by atoms with E-state index < -0.39 is 9.84 Å². The molecule has 1 aromatic carbocycles. The van der Waals surface area contributed by atoms with E-state index in [0.717, 1.165) is 24.9 Å². The quantitative estimate of drug-likeness (QED) is 0.546. The summed E-state index contributed by atoms with van der Waals surface area (Å²) in [4.78, 5) is 19.9. The van der Waals surface area contributed by atoms with Crippen LogP contribution in [0.15, 0.2) is 41.4 Å². The van der Waals surface area contributed by atoms with Crippen LogP contribution in [-0.4, -0.2) is 36.5 Å². The Hall–Kier alpha value is -2.25. The number of sulfone groups is 1. The Kier molecular flexibility index (Phi) is 7.96. The Morgan fingerprint density at radius 2 is 1.89 bits per heavy atom. The predicted molar refractivity (Wildman–Crippen MR) is 139 cm³/mol. The average molecular weight is 498 g/mol. The molecule has 1 aromatic heterocycles. The zero-order chi connectivity index (χ0) is 25.2. The second-order valence-corrected chi connectivity index (χ2v) is 13.0. The topological polar surface area (TPSA) is 79.4 Å². The summed E-state index contributed by atoms with van der Waals surface area (Å²) in [6, 6.07) is 9.73. The summed E-state index contributed by atoms with van der Waals surface area (Å²) < 4.78 is 23.9. The van der Waals surface area contributed by atoms with Gasteiger partial charge in [-0.25, -0.2) is 8.42 Å². The minimum absolute atomic E-state index is 0.0397. The largest absolute Gasteiger partial charge is 0.346 e. The molecule has 0 unspecified atom stereocenters. The third-order valence-electron chi connectivity index (χ3n) is 7.72. The number of pyridine rings is 1. The molecule has 7 heteroatoms. The minimum atomic E-state index is -3.28. The second kappa shape index (κ2) is 10.8. The van der Waals surface area contributed by atoms with Gasteiger partial charge in [-0.1, -0.05) is 46.6 Å². The van der Waals surface area contributed by atoms with Crippen molar-refractivity contribution in [3.63, 3.8) is 0 Å². The molecule has 6 nitrogen and oxygen atoms in total. The molecule has 1 aliphatic carbocycles. The van der Waals surface area contributed by atoms with Gasteiger partial charge in [0, 0.05) is 30.9 Å². The van der Waals surface area contributed by atoms with Gasteiger partial charge < -0.3 is 5.32 Å². The molecule has 1 saturated carbocycles. The molecular formula is C28H39N3O3S. The SMILES string of the molecule is CCS(=O)(=O)c1ccc(CNC(=O)c2ccc3c(c2)CN(C[C@H]2CC[C@H](C)CC2)[C@@H]3C(C)C)nc1. The number of hydrogen-bond donors (Lipinski definition) is 1. The van der Waals surface area contributed by atoms with Crippen LogP contribution in [0.25, 0.3) is 0 Å². The highest BCUT2D eigenvalue weighted by atomic mass is 32.2. The molecule has 1 fully saturated rings. The Labute approximate surface area is 210 Å². The number of hydrogen-bond acceptors (Lipinski definition) is 5. The summed E-state index contributed by atoms with van der Waals surface area (Å²) in [7, 11) is -3.28. The third kappa shape index (κ3) is 5.95. The molecule has 1 aliphatic heterocycles. The highest BCUT2D eigenvalue weighted by molar-refractivity contribution is 7.91. The maximum absolute atomic E-state index is 12.9. The zero-order valence-electron chi connectivity index (χ0n) is 21.5. The van der Waals surface area contributed by atoms with Gasteiger partial charge in [-0.15, -0.1) is 0 Å². The lowest BCUT2D eigenvalue weighted by Gasteiger charge is -2.34. The molecular weight excluding hydrogens is 458 g/mol. The van der Waals surface area contributed by atoms with E-state index in [4.69, 9.17) is 0 Å². The van der Waals surface area contributed by atoms with Gasteiger partial charge in [-0.2, -0.15) is 0 Å². The van der Waals surface area contributed by atoms with Crippen LogP contribution < -0.4 is 5.32 Å². The van der Waals surface area contributed by atoms with E-state index in [2.05, 4.69) is 42.0 Å². The van der Waals surface area contributed by atoms with E-state index in [1.54, 1.807) is 19.1 Å². The standard InChI is InChI=1S/C28H39N3O3S/c1-5-35(33,34)25-12-11-24(29-16-25)15-30-28(32)22-10-13-26-23(14-22)18-31(27(26)19(2)3)17-21-8-6-20(4)7-9-21/h10-14,16,19-21,27H,5-9,15,17-18H2,1-4H3,(H,30,32)/t20-,21-,27-/m1/s1. The molecule has 190 valence electrons. The number of nitrogens with zero attached hydrogens (tertiary/aromatic N) is 2. The molecule has 0 saturated heterocycles. The lowest BCUT2D eigenvalue weighted by atomic mass is 9.82. The Balaban J connectivity index is 1.40. The highest BCUT2D eigenvalue weighted by Gasteiger charge is 2.34. The molecule has 2 aromatic rings. The average Bonchev–Trinajstić information content (AvgIpc) is 3.21. The van der Waals surface area contributed by atoms with Crippen molar-refractivity contribution in [3.05, 3.63) is 58.9 Å². The van der Waals surface area contributed by atoms with E-state index in [1.807, 2.05) is 12.1 Å². The van der Waals surface area contributed by atoms with E-state index in [9.17, 15) is 13.2 Å². The number of fused-ring (bicyclic) bond motifs is 1. The van der Waals surface area contributed by atoms with Gasteiger partial charge in [0.05, 0.1) is 22.9 Å². The van der Waals surface area contributed by atoms with Crippen molar-refractivity contribution in [2.75, 3.05) is 12.3 Å². The molecule has 1 N–H and O–H groups in total. The maximum atomic E-state index is 12.9. The first kappa shape index (κ1) is 25.8. The Morgan fingerprint density at radius 3 is 2.51 bits per heavy atom. The smallest absolute Gasteiger partial charge is 0.251 e. The van der Waals surface area contributed by atoms with Crippen molar-refractivity contribution < 1.29 is 13.2 Å². The molecule has 0 radical (unpaired) electrons. The van der Waals surface area contributed by atoms with Gasteiger partial charge in [0.15, 0.2) is 9.84 Å². The van der Waals surface area contributed by atoms with Gasteiger partial charge in [-0.3, -0.25) is 14.7 Å². The van der Waals surface area contributed by atoms with E-state index >= 15 is 0 Å². The minimum Gasteiger partial charge on any atom is -0.346 e. The fraction of sp³-hybridized carbons (Fsp3) is 0.571. The molecule has 0 spiro atoms. The van der Waals surface area contributed by atoms with Crippen molar-refractivity contribution in [1.29, 1.82) is 0 Å². The molecule has 2 aliphatic rings. The van der Waals surface area contributed by atoms with E-state index in [0.29, 0.717) is 23.2 Å². The number of carbonyl (C=O) groups is 1. The van der Waals surface area contributed by atoms with Crippen LogP contribution >= 0.6 is 0 Å². The molecule has 4 rings (SSSR count). The van der Waals surface area contributed by atoms with Crippen LogP contribution in [0.3, 0.4) is 0 Å². The fourth-order valence-electron chi connectivity index (χ4n) is 5.63. The van der Waals surface area contributed by atoms with Crippen molar-refractivity contribution in [2.45, 2.75) is 77.4 Å². The fourth-order valence-corrected chi connectivity index (χ4v) is 6.45. The first-order valence-corrected chi connectivity index (χ1v) is 14.7. The Morgan fingerprint density at radius 1 is 1.14 bits per heavy atom. The molecule has 35 heavy (non-hydrogen) atoms. The molecule has 2 heterocycles. The van der Waals surface area contributed by atoms with Gasteiger partial charge >= 0.3 is 0 Å². The number of rotatable bonds is 8. The zero-order valence-corrected chi connectivity index (χ0v) is 22.3. The number of nitrogens with one attached hydrogen (secondary N) is 1. The number of carbonyl (C=O) groups excluding carboxylic acids is 1. The monoisotopic (exact) mass is 497 g/mol. The normalized spacial score (nSPS) is 22.8. The summed E-state index contributed by atoms with van der Waals surface area (Å²) in [5, 5.41) is 2.93. The van der Waals surface area contributed by atoms with E-state index in [-0.39, 0.29) is 23.1 Å². The van der Waals surface area contributed by atoms with Crippen molar-refractivity contribution in [3.8, 4) is 0 Å². The third-order valence-corrected chi connectivity index (χ3v) is 9.44. The summed E-state index contributed by atoms with van der Waals surface area (Å²) in [5.41, 5.74) is 3.90. The highest BCUT2D eigenvalue weighted by Crippen LogP contribution is 2.41. The van der Waals surface area contributed by atoms with Crippen LogP contribution in [0.2, 0.25) is 0 Å². The summed E-state index contributed by atoms with van der Waals surface area (Å²) >= 11 is 0. The second-order valence-electron chi connectivity index (χ2n) is 10.7. The Bertz CT molecular complexity index is 1140. The molecule has 1 atom stereocenters. The summed E-state index contributed by atoms with van der Waals surface area (Å²) in [6.07, 6.45) is 6.70. The van der Waals surface area contributed by atoms with Crippen LogP contribution in [0.4, 0.5) is 0 Å². The van der Waals surface area contributed by atoms with E-state index in [1.165, 1.54) is 43.0 Å². The predicted octanol–water partition coefficient (Wildman–Crippen LogP) is 5.14. The van der Waals surface area contributed by atoms with Gasteiger partial charge in [0.1, 0.15) is 0 Å². The number of amides is 1. The lowest BCUT2D eigenvalue weighted by molar-refractivity contribution is 0.0950.